The normalized spacial score (nSPS) is 15.7. The molecular formula is C23H30N2O4S. The van der Waals surface area contributed by atoms with Gasteiger partial charge in [0, 0.05) is 24.1 Å². The number of rotatable bonds is 8. The van der Waals surface area contributed by atoms with E-state index in [2.05, 4.69) is 10.0 Å². The highest BCUT2D eigenvalue weighted by Crippen LogP contribution is 2.41. The van der Waals surface area contributed by atoms with Crippen molar-refractivity contribution in [3.63, 3.8) is 0 Å². The van der Waals surface area contributed by atoms with Gasteiger partial charge in [0.15, 0.2) is 0 Å². The third kappa shape index (κ3) is 4.84. The third-order valence-corrected chi connectivity index (χ3v) is 7.49. The van der Waals surface area contributed by atoms with Gasteiger partial charge < -0.3 is 10.1 Å². The number of anilines is 1. The molecule has 2 aromatic rings. The number of aryl methyl sites for hydroxylation is 1. The molecule has 0 spiro atoms. The van der Waals surface area contributed by atoms with Crippen LogP contribution in [0.2, 0.25) is 0 Å². The fourth-order valence-corrected chi connectivity index (χ4v) is 5.50. The predicted molar refractivity (Wildman–Crippen MR) is 118 cm³/mol. The molecule has 0 radical (unpaired) electrons. The topological polar surface area (TPSA) is 84.5 Å². The summed E-state index contributed by atoms with van der Waals surface area (Å²) in [6.45, 7) is 3.87. The molecule has 1 fully saturated rings. The minimum atomic E-state index is -3.68. The number of benzene rings is 2. The summed E-state index contributed by atoms with van der Waals surface area (Å²) in [4.78, 5) is 11.8. The third-order valence-electron chi connectivity index (χ3n) is 5.93. The monoisotopic (exact) mass is 430 g/mol. The Morgan fingerprint density at radius 1 is 1.10 bits per heavy atom. The molecule has 7 heteroatoms. The van der Waals surface area contributed by atoms with Crippen LogP contribution in [0, 0.1) is 6.92 Å². The lowest BCUT2D eigenvalue weighted by atomic mass is 9.79. The highest BCUT2D eigenvalue weighted by molar-refractivity contribution is 7.89. The van der Waals surface area contributed by atoms with Crippen molar-refractivity contribution < 1.29 is 17.9 Å². The molecule has 2 aromatic carbocycles. The molecule has 0 bridgehead atoms. The number of carbonyl (C=O) groups excluding carboxylic acids is 1. The molecule has 0 atom stereocenters. The van der Waals surface area contributed by atoms with Gasteiger partial charge in [0.05, 0.1) is 12.0 Å². The van der Waals surface area contributed by atoms with E-state index in [-0.39, 0.29) is 16.2 Å². The Labute approximate surface area is 179 Å². The Bertz CT molecular complexity index is 994. The fourth-order valence-electron chi connectivity index (χ4n) is 4.15. The maximum absolute atomic E-state index is 13.1. The van der Waals surface area contributed by atoms with Gasteiger partial charge in [0.25, 0.3) is 0 Å². The number of carbonyl (C=O) groups is 1. The van der Waals surface area contributed by atoms with E-state index in [0.29, 0.717) is 24.2 Å². The molecule has 30 heavy (non-hydrogen) atoms. The van der Waals surface area contributed by atoms with Crippen LogP contribution in [0.25, 0.3) is 0 Å². The number of nitrogens with one attached hydrogen (secondary N) is 2. The van der Waals surface area contributed by atoms with Gasteiger partial charge in [-0.1, -0.05) is 31.9 Å². The summed E-state index contributed by atoms with van der Waals surface area (Å²) < 4.78 is 34.2. The van der Waals surface area contributed by atoms with Crippen molar-refractivity contribution in [2.75, 3.05) is 19.0 Å². The Hall–Kier alpha value is -2.38. The number of methoxy groups -OCH3 is 1. The molecule has 1 aliphatic carbocycles. The standard InChI is InChI=1S/C23H30N2O4S/c1-4-22(26)25-19-9-12-21(17(2)15-19)30(27,28)24-16-23(13-5-6-14-23)18-7-10-20(29-3)11-8-18/h7-12,15,24H,4-6,13-14,16H2,1-3H3,(H,25,26). The molecule has 1 saturated carbocycles. The highest BCUT2D eigenvalue weighted by atomic mass is 32.2. The van der Waals surface area contributed by atoms with Crippen LogP contribution in [-0.4, -0.2) is 28.0 Å². The quantitative estimate of drug-likeness (QED) is 0.659. The van der Waals surface area contributed by atoms with E-state index in [1.807, 2.05) is 24.3 Å². The first kappa shape index (κ1) is 22.3. The van der Waals surface area contributed by atoms with Crippen molar-refractivity contribution >= 4 is 21.6 Å². The van der Waals surface area contributed by atoms with Crippen LogP contribution in [-0.2, 0) is 20.2 Å². The van der Waals surface area contributed by atoms with Crippen molar-refractivity contribution in [1.82, 2.24) is 4.72 Å². The largest absolute Gasteiger partial charge is 0.497 e. The summed E-state index contributed by atoms with van der Waals surface area (Å²) in [5.74, 6) is 0.684. The van der Waals surface area contributed by atoms with Gasteiger partial charge in [-0.2, -0.15) is 0 Å². The van der Waals surface area contributed by atoms with Crippen molar-refractivity contribution in [1.29, 1.82) is 0 Å². The molecule has 6 nitrogen and oxygen atoms in total. The van der Waals surface area contributed by atoms with E-state index in [0.717, 1.165) is 37.0 Å². The second-order valence-electron chi connectivity index (χ2n) is 7.92. The van der Waals surface area contributed by atoms with E-state index in [9.17, 15) is 13.2 Å². The number of ether oxygens (including phenoxy) is 1. The van der Waals surface area contributed by atoms with Crippen LogP contribution < -0.4 is 14.8 Å². The first-order valence-electron chi connectivity index (χ1n) is 10.3. The van der Waals surface area contributed by atoms with E-state index < -0.39 is 10.0 Å². The summed E-state index contributed by atoms with van der Waals surface area (Å²) in [5, 5.41) is 2.76. The SMILES string of the molecule is CCC(=O)Nc1ccc(S(=O)(=O)NCC2(c3ccc(OC)cc3)CCCC2)c(C)c1. The molecular weight excluding hydrogens is 400 g/mol. The molecule has 0 saturated heterocycles. The minimum Gasteiger partial charge on any atom is -0.497 e. The molecule has 2 N–H and O–H groups in total. The van der Waals surface area contributed by atoms with E-state index in [1.54, 1.807) is 39.2 Å². The second kappa shape index (κ2) is 9.18. The molecule has 162 valence electrons. The number of hydrogen-bond donors (Lipinski definition) is 2. The number of amides is 1. The lowest BCUT2D eigenvalue weighted by molar-refractivity contribution is -0.115. The van der Waals surface area contributed by atoms with Crippen molar-refractivity contribution in [3.05, 3.63) is 53.6 Å². The van der Waals surface area contributed by atoms with E-state index >= 15 is 0 Å². The Morgan fingerprint density at radius 2 is 1.77 bits per heavy atom. The summed E-state index contributed by atoms with van der Waals surface area (Å²) in [7, 11) is -2.04. The number of hydrogen-bond acceptors (Lipinski definition) is 4. The molecule has 0 aromatic heterocycles. The van der Waals surface area contributed by atoms with Gasteiger partial charge in [-0.15, -0.1) is 0 Å². The lowest BCUT2D eigenvalue weighted by Crippen LogP contribution is -2.39. The van der Waals surface area contributed by atoms with Crippen LogP contribution in [0.5, 0.6) is 5.75 Å². The smallest absolute Gasteiger partial charge is 0.240 e. The number of sulfonamides is 1. The lowest BCUT2D eigenvalue weighted by Gasteiger charge is -2.30. The van der Waals surface area contributed by atoms with Crippen LogP contribution in [0.3, 0.4) is 0 Å². The maximum Gasteiger partial charge on any atom is 0.240 e. The van der Waals surface area contributed by atoms with Gasteiger partial charge >= 0.3 is 0 Å². The Balaban J connectivity index is 1.79. The Kier molecular flexibility index (Phi) is 6.83. The van der Waals surface area contributed by atoms with Crippen LogP contribution in [0.15, 0.2) is 47.4 Å². The van der Waals surface area contributed by atoms with Crippen molar-refractivity contribution in [3.8, 4) is 5.75 Å². The molecule has 3 rings (SSSR count). The first-order valence-corrected chi connectivity index (χ1v) is 11.8. The zero-order valence-electron chi connectivity index (χ0n) is 17.8. The van der Waals surface area contributed by atoms with Gasteiger partial charge in [-0.25, -0.2) is 13.1 Å². The zero-order chi connectivity index (χ0) is 21.8. The fraction of sp³-hybridized carbons (Fsp3) is 0.435. The van der Waals surface area contributed by atoms with Gasteiger partial charge in [-0.3, -0.25) is 4.79 Å². The molecule has 1 aliphatic rings. The first-order chi connectivity index (χ1) is 14.3. The maximum atomic E-state index is 13.1. The summed E-state index contributed by atoms with van der Waals surface area (Å²) in [6.07, 6.45) is 4.43. The molecule has 1 amide bonds. The minimum absolute atomic E-state index is 0.106. The van der Waals surface area contributed by atoms with Crippen molar-refractivity contribution in [2.24, 2.45) is 0 Å². The molecule has 0 heterocycles. The Morgan fingerprint density at radius 3 is 2.33 bits per heavy atom. The summed E-state index contributed by atoms with van der Waals surface area (Å²) in [5.41, 5.74) is 2.13. The zero-order valence-corrected chi connectivity index (χ0v) is 18.6. The van der Waals surface area contributed by atoms with Gasteiger partial charge in [-0.05, 0) is 61.2 Å². The van der Waals surface area contributed by atoms with E-state index in [4.69, 9.17) is 4.74 Å². The van der Waals surface area contributed by atoms with Crippen LogP contribution >= 0.6 is 0 Å². The molecule has 0 unspecified atom stereocenters. The van der Waals surface area contributed by atoms with Crippen molar-refractivity contribution in [2.45, 2.75) is 56.3 Å². The van der Waals surface area contributed by atoms with Gasteiger partial charge in [0.2, 0.25) is 15.9 Å². The summed E-state index contributed by atoms with van der Waals surface area (Å²) >= 11 is 0. The average Bonchev–Trinajstić information content (AvgIpc) is 3.22. The molecule has 0 aliphatic heterocycles. The average molecular weight is 431 g/mol. The van der Waals surface area contributed by atoms with Crippen LogP contribution in [0.4, 0.5) is 5.69 Å². The second-order valence-corrected chi connectivity index (χ2v) is 9.66. The highest BCUT2D eigenvalue weighted by Gasteiger charge is 2.37. The predicted octanol–water partition coefficient (Wildman–Crippen LogP) is 4.14. The van der Waals surface area contributed by atoms with Gasteiger partial charge in [0.1, 0.15) is 5.75 Å². The van der Waals surface area contributed by atoms with E-state index in [1.165, 1.54) is 0 Å². The summed E-state index contributed by atoms with van der Waals surface area (Å²) in [6, 6.07) is 12.8. The van der Waals surface area contributed by atoms with Crippen LogP contribution in [0.1, 0.15) is 50.2 Å².